The van der Waals surface area contributed by atoms with Crippen LogP contribution in [0.3, 0.4) is 0 Å². The van der Waals surface area contributed by atoms with Crippen molar-refractivity contribution in [3.05, 3.63) is 23.3 Å². The summed E-state index contributed by atoms with van der Waals surface area (Å²) in [7, 11) is 0. The molecule has 0 aromatic carbocycles. The Bertz CT molecular complexity index is 299. The van der Waals surface area contributed by atoms with Crippen molar-refractivity contribution in [1.29, 1.82) is 0 Å². The summed E-state index contributed by atoms with van der Waals surface area (Å²) in [6.07, 6.45) is 3.33. The van der Waals surface area contributed by atoms with Crippen LogP contribution in [0.2, 0.25) is 0 Å². The molecule has 0 bridgehead atoms. The highest BCUT2D eigenvalue weighted by atomic mass is 16.4. The van der Waals surface area contributed by atoms with Gasteiger partial charge in [-0.3, -0.25) is 0 Å². The Morgan fingerprint density at radius 2 is 2.25 bits per heavy atom. The number of aliphatic carboxylic acids is 1. The number of carboxylic acid groups (broad SMARTS) is 1. The van der Waals surface area contributed by atoms with E-state index in [0.29, 0.717) is 17.7 Å². The molecule has 0 atom stereocenters. The number of hydrogen-bond donors (Lipinski definition) is 2. The molecule has 0 spiro atoms. The molecule has 64 valence electrons. The molecule has 0 saturated heterocycles. The summed E-state index contributed by atoms with van der Waals surface area (Å²) in [5.74, 6) is -0.944. The minimum atomic E-state index is -0.944. The largest absolute Gasteiger partial charge is 0.478 e. The molecule has 1 rings (SSSR count). The second-order valence-electron chi connectivity index (χ2n) is 2.60. The monoisotopic (exact) mass is 167 g/mol. The lowest BCUT2D eigenvalue weighted by Crippen LogP contribution is -2.08. The maximum atomic E-state index is 10.5. The predicted octanol–water partition coefficient (Wildman–Crippen LogP) is 1.18. The SMILES string of the molecule is CC1=C(C(=O)O)C=CC(=NO)C1. The van der Waals surface area contributed by atoms with Crippen molar-refractivity contribution in [1.82, 2.24) is 0 Å². The zero-order valence-electron chi connectivity index (χ0n) is 6.61. The zero-order chi connectivity index (χ0) is 9.14. The highest BCUT2D eigenvalue weighted by Crippen LogP contribution is 2.16. The van der Waals surface area contributed by atoms with E-state index >= 15 is 0 Å². The van der Waals surface area contributed by atoms with E-state index in [1.54, 1.807) is 6.92 Å². The van der Waals surface area contributed by atoms with Gasteiger partial charge in [0, 0.05) is 6.42 Å². The quantitative estimate of drug-likeness (QED) is 0.455. The summed E-state index contributed by atoms with van der Waals surface area (Å²) >= 11 is 0. The van der Waals surface area contributed by atoms with Crippen LogP contribution in [0.4, 0.5) is 0 Å². The third-order valence-corrected chi connectivity index (χ3v) is 1.71. The van der Waals surface area contributed by atoms with Gasteiger partial charge >= 0.3 is 5.97 Å². The minimum Gasteiger partial charge on any atom is -0.478 e. The lowest BCUT2D eigenvalue weighted by atomic mass is 9.98. The van der Waals surface area contributed by atoms with Gasteiger partial charge in [-0.25, -0.2) is 4.79 Å². The van der Waals surface area contributed by atoms with Gasteiger partial charge < -0.3 is 10.3 Å². The number of rotatable bonds is 1. The average Bonchev–Trinajstić information content (AvgIpc) is 2.03. The van der Waals surface area contributed by atoms with Crippen LogP contribution in [0.1, 0.15) is 13.3 Å². The molecule has 0 heterocycles. The smallest absolute Gasteiger partial charge is 0.335 e. The molecular weight excluding hydrogens is 158 g/mol. The zero-order valence-corrected chi connectivity index (χ0v) is 6.61. The van der Waals surface area contributed by atoms with E-state index in [0.717, 1.165) is 0 Å². The molecule has 2 N–H and O–H groups in total. The molecule has 0 aromatic heterocycles. The van der Waals surface area contributed by atoms with E-state index < -0.39 is 5.97 Å². The average molecular weight is 167 g/mol. The lowest BCUT2D eigenvalue weighted by molar-refractivity contribution is -0.132. The first-order valence-electron chi connectivity index (χ1n) is 3.47. The Hall–Kier alpha value is -1.58. The van der Waals surface area contributed by atoms with Crippen molar-refractivity contribution in [3.8, 4) is 0 Å². The van der Waals surface area contributed by atoms with Crippen molar-refractivity contribution < 1.29 is 15.1 Å². The maximum absolute atomic E-state index is 10.5. The van der Waals surface area contributed by atoms with Gasteiger partial charge in [-0.15, -0.1) is 0 Å². The maximum Gasteiger partial charge on any atom is 0.335 e. The number of allylic oxidation sites excluding steroid dienone is 2. The molecule has 0 amide bonds. The fourth-order valence-electron chi connectivity index (χ4n) is 1.07. The van der Waals surface area contributed by atoms with Gasteiger partial charge in [-0.1, -0.05) is 10.7 Å². The van der Waals surface area contributed by atoms with Crippen LogP contribution in [-0.4, -0.2) is 22.0 Å². The van der Waals surface area contributed by atoms with E-state index in [4.69, 9.17) is 10.3 Å². The molecule has 0 aromatic rings. The number of oxime groups is 1. The van der Waals surface area contributed by atoms with E-state index in [1.807, 2.05) is 0 Å². The van der Waals surface area contributed by atoms with Crippen LogP contribution in [0.5, 0.6) is 0 Å². The number of carbonyl (C=O) groups is 1. The van der Waals surface area contributed by atoms with E-state index in [1.165, 1.54) is 12.2 Å². The van der Waals surface area contributed by atoms with Gasteiger partial charge in [0.2, 0.25) is 0 Å². The van der Waals surface area contributed by atoms with E-state index in [-0.39, 0.29) is 5.57 Å². The van der Waals surface area contributed by atoms with Gasteiger partial charge in [0.15, 0.2) is 0 Å². The first kappa shape index (κ1) is 8.52. The van der Waals surface area contributed by atoms with Gasteiger partial charge in [-0.2, -0.15) is 0 Å². The summed E-state index contributed by atoms with van der Waals surface area (Å²) in [5, 5.41) is 20.1. The van der Waals surface area contributed by atoms with Crippen LogP contribution >= 0.6 is 0 Å². The summed E-state index contributed by atoms with van der Waals surface area (Å²) < 4.78 is 0. The third kappa shape index (κ3) is 1.53. The van der Waals surface area contributed by atoms with Crippen LogP contribution in [0.25, 0.3) is 0 Å². The van der Waals surface area contributed by atoms with Crippen LogP contribution < -0.4 is 0 Å². The predicted molar refractivity (Wildman–Crippen MR) is 43.3 cm³/mol. The lowest BCUT2D eigenvalue weighted by Gasteiger charge is -2.08. The molecule has 0 fully saturated rings. The second-order valence-corrected chi connectivity index (χ2v) is 2.60. The van der Waals surface area contributed by atoms with Crippen LogP contribution in [-0.2, 0) is 4.79 Å². The Morgan fingerprint density at radius 3 is 2.67 bits per heavy atom. The molecule has 12 heavy (non-hydrogen) atoms. The minimum absolute atomic E-state index is 0.280. The van der Waals surface area contributed by atoms with Crippen molar-refractivity contribution >= 4 is 11.7 Å². The Kier molecular flexibility index (Phi) is 2.28. The third-order valence-electron chi connectivity index (χ3n) is 1.71. The van der Waals surface area contributed by atoms with Gasteiger partial charge in [-0.05, 0) is 19.1 Å². The molecule has 1 aliphatic rings. The van der Waals surface area contributed by atoms with Crippen molar-refractivity contribution in [2.75, 3.05) is 0 Å². The molecule has 4 heteroatoms. The van der Waals surface area contributed by atoms with Gasteiger partial charge in [0.05, 0.1) is 11.3 Å². The number of hydrogen-bond acceptors (Lipinski definition) is 3. The molecular formula is C8H9NO3. The van der Waals surface area contributed by atoms with E-state index in [9.17, 15) is 4.79 Å². The summed E-state index contributed by atoms with van der Waals surface area (Å²) in [5.41, 5.74) is 1.47. The molecule has 0 aliphatic heterocycles. The Morgan fingerprint density at radius 1 is 1.58 bits per heavy atom. The standard InChI is InChI=1S/C8H9NO3/c1-5-4-6(9-12)2-3-7(5)8(10)11/h2-3,12H,4H2,1H3,(H,10,11). The van der Waals surface area contributed by atoms with Gasteiger partial charge in [0.1, 0.15) is 0 Å². The number of nitrogens with zero attached hydrogens (tertiary/aromatic N) is 1. The normalized spacial score (nSPS) is 20.2. The Balaban J connectivity index is 2.95. The Labute approximate surface area is 69.5 Å². The topological polar surface area (TPSA) is 69.9 Å². The number of carboxylic acids is 1. The first-order valence-corrected chi connectivity index (χ1v) is 3.47. The molecule has 0 saturated carbocycles. The fourth-order valence-corrected chi connectivity index (χ4v) is 1.07. The highest BCUT2D eigenvalue weighted by Gasteiger charge is 2.13. The molecule has 0 unspecified atom stereocenters. The van der Waals surface area contributed by atoms with E-state index in [2.05, 4.69) is 5.16 Å². The van der Waals surface area contributed by atoms with Crippen LogP contribution in [0, 0.1) is 0 Å². The first-order chi connectivity index (χ1) is 5.65. The summed E-state index contributed by atoms with van der Waals surface area (Å²) in [6, 6.07) is 0. The fraction of sp³-hybridized carbons (Fsp3) is 0.250. The summed E-state index contributed by atoms with van der Waals surface area (Å²) in [6.45, 7) is 1.71. The molecule has 0 radical (unpaired) electrons. The highest BCUT2D eigenvalue weighted by molar-refractivity contribution is 6.03. The van der Waals surface area contributed by atoms with Crippen molar-refractivity contribution in [2.24, 2.45) is 5.16 Å². The second kappa shape index (κ2) is 3.21. The van der Waals surface area contributed by atoms with Crippen LogP contribution in [0.15, 0.2) is 28.5 Å². The van der Waals surface area contributed by atoms with Crippen molar-refractivity contribution in [2.45, 2.75) is 13.3 Å². The van der Waals surface area contributed by atoms with Crippen molar-refractivity contribution in [3.63, 3.8) is 0 Å². The molecule has 4 nitrogen and oxygen atoms in total. The summed E-state index contributed by atoms with van der Waals surface area (Å²) in [4.78, 5) is 10.5. The van der Waals surface area contributed by atoms with Gasteiger partial charge in [0.25, 0.3) is 0 Å². The molecule has 1 aliphatic carbocycles.